The third-order valence-corrected chi connectivity index (χ3v) is 6.40. The van der Waals surface area contributed by atoms with Gasteiger partial charge in [0, 0.05) is 44.8 Å². The Hall–Kier alpha value is -2.64. The molecular formula is C28H36Cl2N2O4. The minimum absolute atomic E-state index is 0. The standard InChI is InChI=1S/C28H34N2O4.2ClH/c1-31-25-11-8-22(9-12-25)23-7-5-6-21(18-23)19-29-14-16-30(17-15-29)20-24-10-13-26(32-2)28(34-4)27(24)33-3;;/h5-13,18H,14-17,19-20H2,1-4H3;2*1H. The van der Waals surface area contributed by atoms with E-state index in [2.05, 4.69) is 52.3 Å². The third kappa shape index (κ3) is 6.98. The first-order chi connectivity index (χ1) is 16.6. The molecule has 0 unspecified atom stereocenters. The Morgan fingerprint density at radius 2 is 1.25 bits per heavy atom. The average Bonchev–Trinajstić information content (AvgIpc) is 2.89. The monoisotopic (exact) mass is 534 g/mol. The number of methoxy groups -OCH3 is 4. The summed E-state index contributed by atoms with van der Waals surface area (Å²) in [5.74, 6) is 2.96. The Labute approximate surface area is 226 Å². The van der Waals surface area contributed by atoms with Gasteiger partial charge in [-0.1, -0.05) is 36.4 Å². The van der Waals surface area contributed by atoms with Crippen molar-refractivity contribution in [2.45, 2.75) is 13.1 Å². The van der Waals surface area contributed by atoms with Gasteiger partial charge < -0.3 is 18.9 Å². The molecule has 0 saturated carbocycles. The highest BCUT2D eigenvalue weighted by molar-refractivity contribution is 5.85. The molecule has 0 radical (unpaired) electrons. The topological polar surface area (TPSA) is 43.4 Å². The highest BCUT2D eigenvalue weighted by Crippen LogP contribution is 2.40. The molecule has 3 aromatic carbocycles. The predicted octanol–water partition coefficient (Wildman–Crippen LogP) is 5.55. The molecule has 0 spiro atoms. The summed E-state index contributed by atoms with van der Waals surface area (Å²) in [4.78, 5) is 4.99. The molecule has 0 aliphatic carbocycles. The maximum Gasteiger partial charge on any atom is 0.203 e. The normalized spacial score (nSPS) is 13.8. The molecule has 0 atom stereocenters. The molecule has 0 amide bonds. The summed E-state index contributed by atoms with van der Waals surface area (Å²) in [5, 5.41) is 0. The fraction of sp³-hybridized carbons (Fsp3) is 0.357. The Bertz CT molecular complexity index is 1090. The summed E-state index contributed by atoms with van der Waals surface area (Å²) in [5.41, 5.74) is 4.89. The van der Waals surface area contributed by atoms with Crippen LogP contribution in [0.25, 0.3) is 11.1 Å². The fourth-order valence-electron chi connectivity index (χ4n) is 4.53. The number of benzene rings is 3. The van der Waals surface area contributed by atoms with Gasteiger partial charge in [-0.15, -0.1) is 24.8 Å². The van der Waals surface area contributed by atoms with Crippen LogP contribution in [0.4, 0.5) is 0 Å². The smallest absolute Gasteiger partial charge is 0.203 e. The van der Waals surface area contributed by atoms with Crippen LogP contribution >= 0.6 is 24.8 Å². The van der Waals surface area contributed by atoms with Gasteiger partial charge in [-0.2, -0.15) is 0 Å². The van der Waals surface area contributed by atoms with E-state index in [1.54, 1.807) is 28.4 Å². The van der Waals surface area contributed by atoms with E-state index in [9.17, 15) is 0 Å². The molecule has 1 fully saturated rings. The lowest BCUT2D eigenvalue weighted by molar-refractivity contribution is 0.121. The van der Waals surface area contributed by atoms with Crippen molar-refractivity contribution in [3.05, 3.63) is 71.8 Å². The molecule has 1 aliphatic heterocycles. The van der Waals surface area contributed by atoms with Gasteiger partial charge >= 0.3 is 0 Å². The molecule has 1 saturated heterocycles. The third-order valence-electron chi connectivity index (χ3n) is 6.40. The minimum atomic E-state index is 0. The predicted molar refractivity (Wildman–Crippen MR) is 150 cm³/mol. The van der Waals surface area contributed by atoms with Gasteiger partial charge in [-0.05, 0) is 41.0 Å². The lowest BCUT2D eigenvalue weighted by Gasteiger charge is -2.35. The van der Waals surface area contributed by atoms with Crippen molar-refractivity contribution in [1.82, 2.24) is 9.80 Å². The molecule has 4 rings (SSSR count). The van der Waals surface area contributed by atoms with Crippen LogP contribution in [-0.4, -0.2) is 64.4 Å². The summed E-state index contributed by atoms with van der Waals surface area (Å²) >= 11 is 0. The lowest BCUT2D eigenvalue weighted by Crippen LogP contribution is -2.45. The Morgan fingerprint density at radius 1 is 0.611 bits per heavy atom. The van der Waals surface area contributed by atoms with Gasteiger partial charge in [0.25, 0.3) is 0 Å². The zero-order valence-corrected chi connectivity index (χ0v) is 23.0. The van der Waals surface area contributed by atoms with E-state index in [4.69, 9.17) is 18.9 Å². The lowest BCUT2D eigenvalue weighted by atomic mass is 10.0. The number of ether oxygens (including phenoxy) is 4. The van der Waals surface area contributed by atoms with Crippen molar-refractivity contribution in [2.75, 3.05) is 54.6 Å². The second-order valence-corrected chi connectivity index (χ2v) is 8.47. The molecule has 3 aromatic rings. The number of nitrogens with zero attached hydrogens (tertiary/aromatic N) is 2. The molecule has 8 heteroatoms. The van der Waals surface area contributed by atoms with E-state index in [-0.39, 0.29) is 24.8 Å². The molecule has 0 aromatic heterocycles. The van der Waals surface area contributed by atoms with Crippen LogP contribution in [0.15, 0.2) is 60.7 Å². The second kappa shape index (κ2) is 14.2. The minimum Gasteiger partial charge on any atom is -0.497 e. The first-order valence-corrected chi connectivity index (χ1v) is 11.6. The largest absolute Gasteiger partial charge is 0.497 e. The van der Waals surface area contributed by atoms with Gasteiger partial charge in [0.15, 0.2) is 11.5 Å². The summed E-state index contributed by atoms with van der Waals surface area (Å²) in [6, 6.07) is 21.1. The van der Waals surface area contributed by atoms with Crippen LogP contribution in [0.1, 0.15) is 11.1 Å². The number of rotatable bonds is 9. The van der Waals surface area contributed by atoms with Crippen LogP contribution in [0.2, 0.25) is 0 Å². The maximum absolute atomic E-state index is 5.66. The quantitative estimate of drug-likeness (QED) is 0.358. The van der Waals surface area contributed by atoms with E-state index in [1.165, 1.54) is 16.7 Å². The summed E-state index contributed by atoms with van der Waals surface area (Å²) in [7, 11) is 6.66. The van der Waals surface area contributed by atoms with Crippen molar-refractivity contribution in [3.63, 3.8) is 0 Å². The Morgan fingerprint density at radius 3 is 1.83 bits per heavy atom. The van der Waals surface area contributed by atoms with Crippen molar-refractivity contribution in [2.24, 2.45) is 0 Å². The van der Waals surface area contributed by atoms with Crippen LogP contribution in [0.5, 0.6) is 23.0 Å². The first-order valence-electron chi connectivity index (χ1n) is 11.6. The number of hydrogen-bond donors (Lipinski definition) is 0. The van der Waals surface area contributed by atoms with Gasteiger partial charge in [-0.25, -0.2) is 0 Å². The SMILES string of the molecule is COc1ccc(-c2cccc(CN3CCN(Cc4ccc(OC)c(OC)c4OC)CC3)c2)cc1.Cl.Cl. The maximum atomic E-state index is 5.66. The van der Waals surface area contributed by atoms with Crippen molar-refractivity contribution in [3.8, 4) is 34.1 Å². The van der Waals surface area contributed by atoms with E-state index < -0.39 is 0 Å². The molecule has 0 N–H and O–H groups in total. The van der Waals surface area contributed by atoms with Crippen molar-refractivity contribution in [1.29, 1.82) is 0 Å². The molecule has 196 valence electrons. The van der Waals surface area contributed by atoms with Gasteiger partial charge in [0.05, 0.1) is 28.4 Å². The van der Waals surface area contributed by atoms with Gasteiger partial charge in [0.1, 0.15) is 5.75 Å². The number of piperazine rings is 1. The molecule has 1 heterocycles. The molecule has 0 bridgehead atoms. The Balaban J connectivity index is 0.00000228. The number of hydrogen-bond acceptors (Lipinski definition) is 6. The average molecular weight is 536 g/mol. The molecular weight excluding hydrogens is 499 g/mol. The van der Waals surface area contributed by atoms with E-state index in [1.807, 2.05) is 18.2 Å². The zero-order chi connectivity index (χ0) is 23.9. The van der Waals surface area contributed by atoms with Crippen LogP contribution in [0, 0.1) is 0 Å². The summed E-state index contributed by atoms with van der Waals surface area (Å²) < 4.78 is 21.9. The Kier molecular flexibility index (Phi) is 11.7. The van der Waals surface area contributed by atoms with Crippen molar-refractivity contribution >= 4 is 24.8 Å². The molecule has 6 nitrogen and oxygen atoms in total. The van der Waals surface area contributed by atoms with Gasteiger partial charge in [-0.3, -0.25) is 9.80 Å². The highest BCUT2D eigenvalue weighted by Gasteiger charge is 2.21. The summed E-state index contributed by atoms with van der Waals surface area (Å²) in [6.45, 7) is 5.86. The summed E-state index contributed by atoms with van der Waals surface area (Å²) in [6.07, 6.45) is 0. The van der Waals surface area contributed by atoms with Crippen LogP contribution < -0.4 is 18.9 Å². The van der Waals surface area contributed by atoms with E-state index in [0.29, 0.717) is 11.5 Å². The highest BCUT2D eigenvalue weighted by atomic mass is 35.5. The van der Waals surface area contributed by atoms with E-state index in [0.717, 1.165) is 56.3 Å². The van der Waals surface area contributed by atoms with Crippen LogP contribution in [-0.2, 0) is 13.1 Å². The fourth-order valence-corrected chi connectivity index (χ4v) is 4.53. The van der Waals surface area contributed by atoms with Crippen LogP contribution in [0.3, 0.4) is 0 Å². The second-order valence-electron chi connectivity index (χ2n) is 8.47. The van der Waals surface area contributed by atoms with E-state index >= 15 is 0 Å². The number of halogens is 2. The first kappa shape index (κ1) is 29.6. The van der Waals surface area contributed by atoms with Crippen molar-refractivity contribution < 1.29 is 18.9 Å². The van der Waals surface area contributed by atoms with Gasteiger partial charge in [0.2, 0.25) is 5.75 Å². The zero-order valence-electron chi connectivity index (χ0n) is 21.4. The molecule has 36 heavy (non-hydrogen) atoms. The molecule has 1 aliphatic rings.